The Morgan fingerprint density at radius 1 is 0.964 bits per heavy atom. The summed E-state index contributed by atoms with van der Waals surface area (Å²) in [6, 6.07) is 13.7. The van der Waals surface area contributed by atoms with Crippen LogP contribution in [-0.2, 0) is 16.4 Å². The van der Waals surface area contributed by atoms with Crippen LogP contribution in [0, 0.1) is 5.82 Å². The van der Waals surface area contributed by atoms with E-state index in [-0.39, 0.29) is 5.82 Å². The number of piperazine rings is 1. The number of halogens is 1. The zero-order chi connectivity index (χ0) is 20.0. The highest BCUT2D eigenvalue weighted by atomic mass is 32.2. The van der Waals surface area contributed by atoms with E-state index < -0.39 is 10.0 Å². The topological polar surface area (TPSA) is 52.7 Å². The third-order valence-electron chi connectivity index (χ3n) is 5.06. The van der Waals surface area contributed by atoms with Gasteiger partial charge in [0.1, 0.15) is 5.82 Å². The average Bonchev–Trinajstić information content (AvgIpc) is 2.70. The van der Waals surface area contributed by atoms with Crippen molar-refractivity contribution in [2.24, 2.45) is 0 Å². The van der Waals surface area contributed by atoms with Gasteiger partial charge >= 0.3 is 0 Å². The normalized spacial score (nSPS) is 15.7. The molecule has 5 nitrogen and oxygen atoms in total. The van der Waals surface area contributed by atoms with Gasteiger partial charge in [0.05, 0.1) is 4.90 Å². The van der Waals surface area contributed by atoms with Gasteiger partial charge in [0, 0.05) is 45.0 Å². The molecule has 1 saturated heterocycles. The molecule has 28 heavy (non-hydrogen) atoms. The molecule has 0 aliphatic carbocycles. The average molecular weight is 406 g/mol. The molecule has 0 bridgehead atoms. The number of nitrogens with one attached hydrogen (secondary N) is 1. The molecule has 7 heteroatoms. The number of anilines is 1. The van der Waals surface area contributed by atoms with Gasteiger partial charge in [0.15, 0.2) is 0 Å². The van der Waals surface area contributed by atoms with Crippen LogP contribution < -0.4 is 9.62 Å². The number of hydrogen-bond donors (Lipinski definition) is 1. The smallest absolute Gasteiger partial charge is 0.240 e. The Morgan fingerprint density at radius 2 is 1.61 bits per heavy atom. The van der Waals surface area contributed by atoms with E-state index in [1.54, 1.807) is 24.3 Å². The first-order valence-corrected chi connectivity index (χ1v) is 11.3. The van der Waals surface area contributed by atoms with Gasteiger partial charge in [-0.3, -0.25) is 4.90 Å². The second kappa shape index (κ2) is 9.49. The van der Waals surface area contributed by atoms with Crippen molar-refractivity contribution in [1.29, 1.82) is 0 Å². The van der Waals surface area contributed by atoms with Gasteiger partial charge in [-0.05, 0) is 48.4 Å². The molecule has 0 radical (unpaired) electrons. The van der Waals surface area contributed by atoms with Gasteiger partial charge in [-0.15, -0.1) is 0 Å². The van der Waals surface area contributed by atoms with Crippen LogP contribution in [0.5, 0.6) is 0 Å². The largest absolute Gasteiger partial charge is 0.369 e. The molecule has 1 heterocycles. The van der Waals surface area contributed by atoms with E-state index in [1.165, 1.54) is 12.1 Å². The van der Waals surface area contributed by atoms with Gasteiger partial charge in [-0.2, -0.15) is 0 Å². The Hall–Kier alpha value is -1.96. The van der Waals surface area contributed by atoms with E-state index in [2.05, 4.69) is 21.4 Å². The number of hydrogen-bond acceptors (Lipinski definition) is 4. The quantitative estimate of drug-likeness (QED) is 0.734. The van der Waals surface area contributed by atoms with E-state index in [4.69, 9.17) is 0 Å². The molecule has 0 atom stereocenters. The SMILES string of the molecule is CCCc1ccc(S(=O)(=O)NCCN2CCN(c3ccc(F)cc3)CC2)cc1. The van der Waals surface area contributed by atoms with Crippen molar-refractivity contribution in [3.63, 3.8) is 0 Å². The Balaban J connectivity index is 1.44. The molecule has 0 aromatic heterocycles. The molecular formula is C21H28FN3O2S. The van der Waals surface area contributed by atoms with Crippen molar-refractivity contribution in [3.05, 3.63) is 59.9 Å². The molecule has 0 unspecified atom stereocenters. The molecule has 0 spiro atoms. The monoisotopic (exact) mass is 405 g/mol. The van der Waals surface area contributed by atoms with Crippen molar-refractivity contribution in [3.8, 4) is 0 Å². The van der Waals surface area contributed by atoms with Gasteiger partial charge < -0.3 is 4.90 Å². The summed E-state index contributed by atoms with van der Waals surface area (Å²) in [6.07, 6.45) is 2.00. The fraction of sp³-hybridized carbons (Fsp3) is 0.429. The van der Waals surface area contributed by atoms with Crippen LogP contribution in [0.1, 0.15) is 18.9 Å². The molecular weight excluding hydrogens is 377 g/mol. The Morgan fingerprint density at radius 3 is 2.21 bits per heavy atom. The molecule has 2 aromatic carbocycles. The first-order valence-electron chi connectivity index (χ1n) is 9.79. The highest BCUT2D eigenvalue weighted by molar-refractivity contribution is 7.89. The molecule has 1 aliphatic heterocycles. The molecule has 0 saturated carbocycles. The minimum Gasteiger partial charge on any atom is -0.369 e. The van der Waals surface area contributed by atoms with Gasteiger partial charge in [-0.25, -0.2) is 17.5 Å². The number of rotatable bonds is 8. The molecule has 3 rings (SSSR count). The molecule has 152 valence electrons. The van der Waals surface area contributed by atoms with Crippen LogP contribution >= 0.6 is 0 Å². The number of benzene rings is 2. The van der Waals surface area contributed by atoms with Crippen LogP contribution in [-0.4, -0.2) is 52.6 Å². The van der Waals surface area contributed by atoms with Gasteiger partial charge in [0.2, 0.25) is 10.0 Å². The number of sulfonamides is 1. The highest BCUT2D eigenvalue weighted by Crippen LogP contribution is 2.17. The maximum absolute atomic E-state index is 13.0. The minimum atomic E-state index is -3.47. The van der Waals surface area contributed by atoms with Crippen LogP contribution in [0.25, 0.3) is 0 Å². The summed E-state index contributed by atoms with van der Waals surface area (Å²) in [4.78, 5) is 4.78. The van der Waals surface area contributed by atoms with Crippen LogP contribution in [0.15, 0.2) is 53.4 Å². The first-order chi connectivity index (χ1) is 13.5. The van der Waals surface area contributed by atoms with Crippen LogP contribution in [0.3, 0.4) is 0 Å². The first kappa shape index (κ1) is 20.8. The van der Waals surface area contributed by atoms with Crippen LogP contribution in [0.2, 0.25) is 0 Å². The molecule has 1 aliphatic rings. The molecule has 1 fully saturated rings. The predicted octanol–water partition coefficient (Wildman–Crippen LogP) is 2.88. The van der Waals surface area contributed by atoms with Gasteiger partial charge in [0.25, 0.3) is 0 Å². The second-order valence-electron chi connectivity index (χ2n) is 7.10. The van der Waals surface area contributed by atoms with E-state index in [0.717, 1.165) is 50.3 Å². The minimum absolute atomic E-state index is 0.227. The van der Waals surface area contributed by atoms with Crippen molar-refractivity contribution in [2.45, 2.75) is 24.7 Å². The van der Waals surface area contributed by atoms with E-state index >= 15 is 0 Å². The molecule has 1 N–H and O–H groups in total. The molecule has 2 aromatic rings. The zero-order valence-corrected chi connectivity index (χ0v) is 17.1. The maximum Gasteiger partial charge on any atom is 0.240 e. The third kappa shape index (κ3) is 5.53. The lowest BCUT2D eigenvalue weighted by atomic mass is 10.1. The lowest BCUT2D eigenvalue weighted by Crippen LogP contribution is -2.48. The fourth-order valence-electron chi connectivity index (χ4n) is 3.43. The summed E-state index contributed by atoms with van der Waals surface area (Å²) in [5, 5.41) is 0. The fourth-order valence-corrected chi connectivity index (χ4v) is 4.45. The van der Waals surface area contributed by atoms with Gasteiger partial charge in [-0.1, -0.05) is 25.5 Å². The van der Waals surface area contributed by atoms with Crippen molar-refractivity contribution in [1.82, 2.24) is 9.62 Å². The Bertz CT molecular complexity index is 846. The third-order valence-corrected chi connectivity index (χ3v) is 6.53. The standard InChI is InChI=1S/C21H28FN3O2S/c1-2-3-18-4-10-21(11-5-18)28(26,27)23-12-13-24-14-16-25(17-15-24)20-8-6-19(22)7-9-20/h4-11,23H,2-3,12-17H2,1H3. The summed E-state index contributed by atoms with van der Waals surface area (Å²) >= 11 is 0. The summed E-state index contributed by atoms with van der Waals surface area (Å²) in [6.45, 7) is 6.55. The van der Waals surface area contributed by atoms with Crippen LogP contribution in [0.4, 0.5) is 10.1 Å². The summed E-state index contributed by atoms with van der Waals surface area (Å²) in [7, 11) is -3.47. The number of aryl methyl sites for hydroxylation is 1. The van der Waals surface area contributed by atoms with Crippen molar-refractivity contribution >= 4 is 15.7 Å². The Kier molecular flexibility index (Phi) is 7.04. The van der Waals surface area contributed by atoms with E-state index in [9.17, 15) is 12.8 Å². The summed E-state index contributed by atoms with van der Waals surface area (Å²) < 4.78 is 40.6. The summed E-state index contributed by atoms with van der Waals surface area (Å²) in [5.41, 5.74) is 2.17. The van der Waals surface area contributed by atoms with E-state index in [1.807, 2.05) is 12.1 Å². The second-order valence-corrected chi connectivity index (χ2v) is 8.86. The highest BCUT2D eigenvalue weighted by Gasteiger charge is 2.18. The lowest BCUT2D eigenvalue weighted by molar-refractivity contribution is 0.262. The number of nitrogens with zero attached hydrogens (tertiary/aromatic N) is 2. The van der Waals surface area contributed by atoms with Crippen molar-refractivity contribution < 1.29 is 12.8 Å². The Labute approximate surface area is 167 Å². The zero-order valence-electron chi connectivity index (χ0n) is 16.3. The van der Waals surface area contributed by atoms with Crippen molar-refractivity contribution in [2.75, 3.05) is 44.2 Å². The van der Waals surface area contributed by atoms with E-state index in [0.29, 0.717) is 18.0 Å². The lowest BCUT2D eigenvalue weighted by Gasteiger charge is -2.36. The predicted molar refractivity (Wildman–Crippen MR) is 111 cm³/mol. The molecule has 0 amide bonds. The summed E-state index contributed by atoms with van der Waals surface area (Å²) in [5.74, 6) is -0.227. The maximum atomic E-state index is 13.0.